The summed E-state index contributed by atoms with van der Waals surface area (Å²) in [5, 5.41) is 3.61. The number of hydrogen-bond acceptors (Lipinski definition) is 3. The van der Waals surface area contributed by atoms with Crippen LogP contribution in [-0.2, 0) is 6.54 Å². The second-order valence-corrected chi connectivity index (χ2v) is 6.08. The van der Waals surface area contributed by atoms with Gasteiger partial charge in [-0.25, -0.2) is 0 Å². The SMILES string of the molecule is CCC(CNC(C)(C)C)N(CC)Cc1ccccn1. The lowest BCUT2D eigenvalue weighted by molar-refractivity contribution is 0.176. The molecule has 1 heterocycles. The molecule has 19 heavy (non-hydrogen) atoms. The van der Waals surface area contributed by atoms with Gasteiger partial charge in [-0.05, 0) is 45.9 Å². The van der Waals surface area contributed by atoms with Crippen molar-refractivity contribution < 1.29 is 0 Å². The Morgan fingerprint density at radius 3 is 2.47 bits per heavy atom. The molecule has 0 bridgehead atoms. The van der Waals surface area contributed by atoms with Crippen molar-refractivity contribution in [2.24, 2.45) is 0 Å². The fourth-order valence-corrected chi connectivity index (χ4v) is 2.15. The van der Waals surface area contributed by atoms with Crippen LogP contribution in [0.5, 0.6) is 0 Å². The summed E-state index contributed by atoms with van der Waals surface area (Å²) in [6, 6.07) is 6.70. The van der Waals surface area contributed by atoms with E-state index in [2.05, 4.69) is 62.0 Å². The summed E-state index contributed by atoms with van der Waals surface area (Å²) >= 11 is 0. The highest BCUT2D eigenvalue weighted by molar-refractivity contribution is 5.03. The Bertz CT molecular complexity index is 343. The largest absolute Gasteiger partial charge is 0.311 e. The smallest absolute Gasteiger partial charge is 0.0544 e. The van der Waals surface area contributed by atoms with Crippen LogP contribution in [0, 0.1) is 0 Å². The third-order valence-corrected chi connectivity index (χ3v) is 3.35. The molecule has 0 amide bonds. The van der Waals surface area contributed by atoms with Gasteiger partial charge in [-0.3, -0.25) is 9.88 Å². The second-order valence-electron chi connectivity index (χ2n) is 6.08. The van der Waals surface area contributed by atoms with E-state index in [9.17, 15) is 0 Å². The predicted octanol–water partition coefficient (Wildman–Crippen LogP) is 3.07. The van der Waals surface area contributed by atoms with E-state index in [-0.39, 0.29) is 5.54 Å². The highest BCUT2D eigenvalue weighted by Gasteiger charge is 2.18. The molecule has 1 rings (SSSR count). The Labute approximate surface area is 118 Å². The van der Waals surface area contributed by atoms with Crippen LogP contribution >= 0.6 is 0 Å². The maximum absolute atomic E-state index is 4.43. The number of aromatic nitrogens is 1. The summed E-state index contributed by atoms with van der Waals surface area (Å²) in [4.78, 5) is 6.93. The van der Waals surface area contributed by atoms with Crippen LogP contribution in [0.3, 0.4) is 0 Å². The minimum absolute atomic E-state index is 0.178. The number of likely N-dealkylation sites (N-methyl/N-ethyl adjacent to an activating group) is 1. The van der Waals surface area contributed by atoms with Gasteiger partial charge in [-0.2, -0.15) is 0 Å². The van der Waals surface area contributed by atoms with Crippen molar-refractivity contribution in [3.05, 3.63) is 30.1 Å². The molecule has 108 valence electrons. The quantitative estimate of drug-likeness (QED) is 0.819. The fraction of sp³-hybridized carbons (Fsp3) is 0.688. The van der Waals surface area contributed by atoms with Crippen molar-refractivity contribution >= 4 is 0 Å². The van der Waals surface area contributed by atoms with E-state index in [4.69, 9.17) is 0 Å². The summed E-state index contributed by atoms with van der Waals surface area (Å²) in [6.45, 7) is 14.2. The molecule has 3 nitrogen and oxygen atoms in total. The van der Waals surface area contributed by atoms with E-state index in [1.54, 1.807) is 0 Å². The average Bonchev–Trinajstić information content (AvgIpc) is 2.38. The van der Waals surface area contributed by atoms with Gasteiger partial charge in [-0.1, -0.05) is 19.9 Å². The monoisotopic (exact) mass is 263 g/mol. The topological polar surface area (TPSA) is 28.2 Å². The minimum atomic E-state index is 0.178. The molecular weight excluding hydrogens is 234 g/mol. The zero-order chi connectivity index (χ0) is 14.3. The first-order chi connectivity index (χ1) is 8.96. The molecule has 1 atom stereocenters. The molecular formula is C16H29N3. The predicted molar refractivity (Wildman–Crippen MR) is 82.2 cm³/mol. The van der Waals surface area contributed by atoms with E-state index in [0.717, 1.165) is 31.7 Å². The van der Waals surface area contributed by atoms with E-state index in [1.807, 2.05) is 12.3 Å². The van der Waals surface area contributed by atoms with Crippen LogP contribution in [0.4, 0.5) is 0 Å². The molecule has 0 aromatic carbocycles. The first-order valence-corrected chi connectivity index (χ1v) is 7.35. The maximum atomic E-state index is 4.43. The molecule has 0 aliphatic carbocycles. The lowest BCUT2D eigenvalue weighted by Gasteiger charge is -2.32. The van der Waals surface area contributed by atoms with Crippen LogP contribution in [0.15, 0.2) is 24.4 Å². The zero-order valence-electron chi connectivity index (χ0n) is 13.1. The van der Waals surface area contributed by atoms with Gasteiger partial charge >= 0.3 is 0 Å². The van der Waals surface area contributed by atoms with Crippen molar-refractivity contribution in [1.29, 1.82) is 0 Å². The standard InChI is InChI=1S/C16H29N3/c1-6-15(12-18-16(3,4)5)19(7-2)13-14-10-8-9-11-17-14/h8-11,15,18H,6-7,12-13H2,1-5H3. The molecule has 3 heteroatoms. The Morgan fingerprint density at radius 1 is 1.26 bits per heavy atom. The van der Waals surface area contributed by atoms with Gasteiger partial charge in [0.1, 0.15) is 0 Å². The van der Waals surface area contributed by atoms with Crippen molar-refractivity contribution in [3.8, 4) is 0 Å². The molecule has 0 aliphatic heterocycles. The molecule has 1 aromatic heterocycles. The summed E-state index contributed by atoms with van der Waals surface area (Å²) in [7, 11) is 0. The third-order valence-electron chi connectivity index (χ3n) is 3.35. The Hall–Kier alpha value is -0.930. The highest BCUT2D eigenvalue weighted by atomic mass is 15.2. The van der Waals surface area contributed by atoms with Crippen molar-refractivity contribution in [2.45, 2.75) is 59.2 Å². The van der Waals surface area contributed by atoms with Gasteiger partial charge in [0.15, 0.2) is 0 Å². The van der Waals surface area contributed by atoms with E-state index < -0.39 is 0 Å². The normalized spacial score (nSPS) is 13.8. The van der Waals surface area contributed by atoms with Gasteiger partial charge in [0.25, 0.3) is 0 Å². The van der Waals surface area contributed by atoms with Crippen molar-refractivity contribution in [3.63, 3.8) is 0 Å². The van der Waals surface area contributed by atoms with Crippen LogP contribution < -0.4 is 5.32 Å². The summed E-state index contributed by atoms with van der Waals surface area (Å²) in [6.07, 6.45) is 3.03. The number of nitrogens with zero attached hydrogens (tertiary/aromatic N) is 2. The van der Waals surface area contributed by atoms with Crippen molar-refractivity contribution in [1.82, 2.24) is 15.2 Å². The van der Waals surface area contributed by atoms with E-state index >= 15 is 0 Å². The molecule has 0 radical (unpaired) electrons. The molecule has 0 fully saturated rings. The molecule has 1 unspecified atom stereocenters. The number of rotatable bonds is 7. The summed E-state index contributed by atoms with van der Waals surface area (Å²) in [5.74, 6) is 0. The number of nitrogens with one attached hydrogen (secondary N) is 1. The molecule has 1 aromatic rings. The first-order valence-electron chi connectivity index (χ1n) is 7.35. The highest BCUT2D eigenvalue weighted by Crippen LogP contribution is 2.10. The van der Waals surface area contributed by atoms with Crippen LogP contribution in [-0.4, -0.2) is 34.6 Å². The minimum Gasteiger partial charge on any atom is -0.311 e. The van der Waals surface area contributed by atoms with Gasteiger partial charge in [-0.15, -0.1) is 0 Å². The fourth-order valence-electron chi connectivity index (χ4n) is 2.15. The first kappa shape index (κ1) is 16.1. The molecule has 1 N–H and O–H groups in total. The summed E-state index contributed by atoms with van der Waals surface area (Å²) < 4.78 is 0. The number of hydrogen-bond donors (Lipinski definition) is 1. The Balaban J connectivity index is 2.60. The lowest BCUT2D eigenvalue weighted by atomic mass is 10.1. The maximum Gasteiger partial charge on any atom is 0.0544 e. The Kier molecular flexibility index (Phi) is 6.46. The number of pyridine rings is 1. The van der Waals surface area contributed by atoms with E-state index in [0.29, 0.717) is 6.04 Å². The molecule has 0 aliphatic rings. The summed E-state index contributed by atoms with van der Waals surface area (Å²) in [5.41, 5.74) is 1.33. The molecule has 0 saturated heterocycles. The molecule has 0 saturated carbocycles. The van der Waals surface area contributed by atoms with Gasteiger partial charge in [0.05, 0.1) is 5.69 Å². The van der Waals surface area contributed by atoms with Gasteiger partial charge in [0, 0.05) is 30.9 Å². The van der Waals surface area contributed by atoms with Crippen LogP contribution in [0.1, 0.15) is 46.7 Å². The van der Waals surface area contributed by atoms with Crippen LogP contribution in [0.2, 0.25) is 0 Å². The average molecular weight is 263 g/mol. The van der Waals surface area contributed by atoms with Gasteiger partial charge < -0.3 is 5.32 Å². The molecule has 0 spiro atoms. The Morgan fingerprint density at radius 2 is 2.00 bits per heavy atom. The van der Waals surface area contributed by atoms with Crippen LogP contribution in [0.25, 0.3) is 0 Å². The third kappa shape index (κ3) is 6.17. The van der Waals surface area contributed by atoms with E-state index in [1.165, 1.54) is 0 Å². The zero-order valence-corrected chi connectivity index (χ0v) is 13.1. The van der Waals surface area contributed by atoms with Crippen molar-refractivity contribution in [2.75, 3.05) is 13.1 Å². The lowest BCUT2D eigenvalue weighted by Crippen LogP contribution is -2.47. The second kappa shape index (κ2) is 7.61. The van der Waals surface area contributed by atoms with Gasteiger partial charge in [0.2, 0.25) is 0 Å².